The first-order chi connectivity index (χ1) is 14.7. The van der Waals surface area contributed by atoms with Crippen molar-refractivity contribution in [1.82, 2.24) is 21.3 Å². The summed E-state index contributed by atoms with van der Waals surface area (Å²) in [4.78, 5) is 47.7. The van der Waals surface area contributed by atoms with Crippen molar-refractivity contribution in [3.8, 4) is 0 Å². The van der Waals surface area contributed by atoms with Gasteiger partial charge in [-0.3, -0.25) is 14.4 Å². The summed E-state index contributed by atoms with van der Waals surface area (Å²) in [6, 6.07) is -1.41. The Labute approximate surface area is 184 Å². The Morgan fingerprint density at radius 1 is 0.935 bits per heavy atom. The quantitative estimate of drug-likeness (QED) is 0.128. The van der Waals surface area contributed by atoms with Crippen LogP contribution in [-0.2, 0) is 19.2 Å². The molecule has 0 unspecified atom stereocenters. The predicted molar refractivity (Wildman–Crippen MR) is 120 cm³/mol. The summed E-state index contributed by atoms with van der Waals surface area (Å²) in [7, 11) is 0. The Kier molecular flexibility index (Phi) is 15.1. The van der Waals surface area contributed by atoms with E-state index in [4.69, 9.17) is 11.5 Å². The number of rotatable bonds is 18. The van der Waals surface area contributed by atoms with Gasteiger partial charge < -0.3 is 37.5 Å². The summed E-state index contributed by atoms with van der Waals surface area (Å²) < 4.78 is 0. The summed E-state index contributed by atoms with van der Waals surface area (Å²) in [5, 5.41) is 10.6. The minimum absolute atomic E-state index is 0.217. The fourth-order valence-corrected chi connectivity index (χ4v) is 2.76. The van der Waals surface area contributed by atoms with Crippen LogP contribution in [0.15, 0.2) is 24.7 Å². The van der Waals surface area contributed by atoms with E-state index in [2.05, 4.69) is 34.4 Å². The molecule has 0 saturated heterocycles. The number of unbranched alkanes of at least 4 members (excludes halogenated alkanes) is 1. The Hall–Kier alpha value is -3.04. The van der Waals surface area contributed by atoms with Crippen LogP contribution in [0, 0.1) is 0 Å². The number of nitrogens with one attached hydrogen (secondary N) is 4. The van der Waals surface area contributed by atoms with Gasteiger partial charge in [-0.25, -0.2) is 0 Å². The molecular formula is C21H38N6O4. The third-order valence-electron chi connectivity index (χ3n) is 4.35. The summed E-state index contributed by atoms with van der Waals surface area (Å²) in [5.41, 5.74) is 11.5. The van der Waals surface area contributed by atoms with E-state index in [1.807, 2.05) is 6.92 Å². The van der Waals surface area contributed by atoms with Crippen LogP contribution in [0.3, 0.4) is 0 Å². The highest BCUT2D eigenvalue weighted by molar-refractivity contribution is 5.91. The van der Waals surface area contributed by atoms with Gasteiger partial charge in [-0.1, -0.05) is 26.5 Å². The number of carbonyl (C=O) groups excluding carboxylic acids is 4. The van der Waals surface area contributed by atoms with Gasteiger partial charge in [-0.2, -0.15) is 0 Å². The standard InChI is InChI=1S/C21H38N6O4/c1-4-8-19(29)27-18(11-6-5-9-15(2)22)21(31)25-13-20(30)26-17(14-28)10-7-12-24-16(3)23/h14,17-18,24H,2-13,22-23H2,1H3,(H,25,31)(H,26,30)(H,27,29)/t17-,18+/m0/s1. The molecule has 0 aromatic rings. The molecule has 0 spiro atoms. The summed E-state index contributed by atoms with van der Waals surface area (Å²) in [5.74, 6) is -0.813. The third-order valence-corrected chi connectivity index (χ3v) is 4.35. The number of nitrogens with two attached hydrogens (primary N) is 2. The second-order valence-corrected chi connectivity index (χ2v) is 7.40. The molecule has 2 atom stereocenters. The molecule has 0 radical (unpaired) electrons. The molecule has 0 aliphatic carbocycles. The first kappa shape index (κ1) is 28.0. The minimum atomic E-state index is -0.741. The topological polar surface area (TPSA) is 168 Å². The van der Waals surface area contributed by atoms with Crippen LogP contribution in [0.25, 0.3) is 0 Å². The molecule has 8 N–H and O–H groups in total. The van der Waals surface area contributed by atoms with Crippen molar-refractivity contribution in [2.75, 3.05) is 13.1 Å². The highest BCUT2D eigenvalue weighted by Gasteiger charge is 2.21. The van der Waals surface area contributed by atoms with Crippen LogP contribution >= 0.6 is 0 Å². The highest BCUT2D eigenvalue weighted by atomic mass is 16.2. The molecule has 0 heterocycles. The van der Waals surface area contributed by atoms with Crippen molar-refractivity contribution in [3.63, 3.8) is 0 Å². The average molecular weight is 439 g/mol. The molecule has 0 aliphatic heterocycles. The number of carbonyl (C=O) groups is 4. The first-order valence-corrected chi connectivity index (χ1v) is 10.6. The van der Waals surface area contributed by atoms with Gasteiger partial charge in [-0.15, -0.1) is 0 Å². The normalized spacial score (nSPS) is 12.2. The van der Waals surface area contributed by atoms with E-state index in [0.717, 1.165) is 6.42 Å². The smallest absolute Gasteiger partial charge is 0.243 e. The zero-order valence-corrected chi connectivity index (χ0v) is 18.5. The Morgan fingerprint density at radius 3 is 2.23 bits per heavy atom. The molecule has 31 heavy (non-hydrogen) atoms. The number of aldehydes is 1. The van der Waals surface area contributed by atoms with E-state index < -0.39 is 23.9 Å². The first-order valence-electron chi connectivity index (χ1n) is 10.6. The van der Waals surface area contributed by atoms with E-state index in [0.29, 0.717) is 69.3 Å². The Bertz CT molecular complexity index is 623. The van der Waals surface area contributed by atoms with Crippen LogP contribution in [0.1, 0.15) is 58.3 Å². The van der Waals surface area contributed by atoms with Gasteiger partial charge in [0.2, 0.25) is 17.7 Å². The molecule has 0 fully saturated rings. The van der Waals surface area contributed by atoms with Crippen LogP contribution in [0.5, 0.6) is 0 Å². The molecule has 176 valence electrons. The van der Waals surface area contributed by atoms with E-state index in [1.54, 1.807) is 0 Å². The van der Waals surface area contributed by atoms with E-state index in [-0.39, 0.29) is 12.5 Å². The zero-order chi connectivity index (χ0) is 23.6. The molecule has 0 aliphatic rings. The van der Waals surface area contributed by atoms with Crippen molar-refractivity contribution in [3.05, 3.63) is 24.7 Å². The van der Waals surface area contributed by atoms with Crippen molar-refractivity contribution in [2.45, 2.75) is 70.4 Å². The molecule has 10 nitrogen and oxygen atoms in total. The van der Waals surface area contributed by atoms with Gasteiger partial charge in [0.25, 0.3) is 0 Å². The third kappa shape index (κ3) is 15.5. The fourth-order valence-electron chi connectivity index (χ4n) is 2.76. The molecule has 0 saturated carbocycles. The molecule has 0 bridgehead atoms. The molecule has 0 aromatic carbocycles. The second kappa shape index (κ2) is 16.7. The predicted octanol–water partition coefficient (Wildman–Crippen LogP) is -0.0963. The number of hydrogen-bond acceptors (Lipinski definition) is 7. The lowest BCUT2D eigenvalue weighted by molar-refractivity contribution is -0.130. The van der Waals surface area contributed by atoms with Gasteiger partial charge in [0.05, 0.1) is 18.4 Å². The molecule has 0 aromatic heterocycles. The lowest BCUT2D eigenvalue weighted by Gasteiger charge is -2.19. The van der Waals surface area contributed by atoms with E-state index >= 15 is 0 Å². The van der Waals surface area contributed by atoms with Crippen molar-refractivity contribution < 1.29 is 19.2 Å². The lowest BCUT2D eigenvalue weighted by Crippen LogP contribution is -2.50. The molecule has 0 rings (SSSR count). The van der Waals surface area contributed by atoms with Crippen molar-refractivity contribution in [2.24, 2.45) is 11.5 Å². The van der Waals surface area contributed by atoms with E-state index in [9.17, 15) is 19.2 Å². The number of hydrogen-bond donors (Lipinski definition) is 6. The zero-order valence-electron chi connectivity index (χ0n) is 18.5. The van der Waals surface area contributed by atoms with Crippen LogP contribution in [-0.4, -0.2) is 49.2 Å². The summed E-state index contributed by atoms with van der Waals surface area (Å²) >= 11 is 0. The highest BCUT2D eigenvalue weighted by Crippen LogP contribution is 2.07. The summed E-state index contributed by atoms with van der Waals surface area (Å²) in [6.45, 7) is 9.26. The Balaban J connectivity index is 4.54. The number of amides is 3. The summed E-state index contributed by atoms with van der Waals surface area (Å²) in [6.07, 6.45) is 5.14. The van der Waals surface area contributed by atoms with Crippen LogP contribution in [0.4, 0.5) is 0 Å². The fraction of sp³-hybridized carbons (Fsp3) is 0.619. The van der Waals surface area contributed by atoms with Crippen molar-refractivity contribution in [1.29, 1.82) is 0 Å². The monoisotopic (exact) mass is 438 g/mol. The lowest BCUT2D eigenvalue weighted by atomic mass is 10.1. The molecular weight excluding hydrogens is 400 g/mol. The molecule has 10 heteroatoms. The van der Waals surface area contributed by atoms with Gasteiger partial charge in [0.1, 0.15) is 12.3 Å². The van der Waals surface area contributed by atoms with Gasteiger partial charge >= 0.3 is 0 Å². The van der Waals surface area contributed by atoms with Gasteiger partial charge in [-0.05, 0) is 38.5 Å². The van der Waals surface area contributed by atoms with Crippen LogP contribution in [0.2, 0.25) is 0 Å². The second-order valence-electron chi connectivity index (χ2n) is 7.40. The largest absolute Gasteiger partial charge is 0.403 e. The maximum atomic E-state index is 12.5. The molecule has 3 amide bonds. The SMILES string of the molecule is C=C(N)CCCC[C@@H](NC(=O)CCC)C(=O)NCC(=O)N[C@H](C=O)CCCNC(=C)N. The maximum absolute atomic E-state index is 12.5. The maximum Gasteiger partial charge on any atom is 0.243 e. The van der Waals surface area contributed by atoms with Gasteiger partial charge in [0.15, 0.2) is 0 Å². The van der Waals surface area contributed by atoms with E-state index in [1.165, 1.54) is 0 Å². The Morgan fingerprint density at radius 2 is 1.65 bits per heavy atom. The number of allylic oxidation sites excluding steroid dienone is 1. The average Bonchev–Trinajstić information content (AvgIpc) is 2.70. The minimum Gasteiger partial charge on any atom is -0.403 e. The van der Waals surface area contributed by atoms with Gasteiger partial charge in [0, 0.05) is 18.7 Å². The van der Waals surface area contributed by atoms with Crippen LogP contribution < -0.4 is 32.7 Å². The van der Waals surface area contributed by atoms with Crippen molar-refractivity contribution >= 4 is 24.0 Å².